The maximum Gasteiger partial charge on any atom is 0.418 e. The van der Waals surface area contributed by atoms with Gasteiger partial charge in [-0.05, 0) is 31.0 Å². The summed E-state index contributed by atoms with van der Waals surface area (Å²) < 4.78 is 45.1. The number of piperidine rings is 1. The van der Waals surface area contributed by atoms with E-state index in [-0.39, 0.29) is 11.4 Å². The van der Waals surface area contributed by atoms with E-state index in [9.17, 15) is 13.2 Å². The summed E-state index contributed by atoms with van der Waals surface area (Å²) in [6.45, 7) is 4.59. The van der Waals surface area contributed by atoms with E-state index >= 15 is 0 Å². The van der Waals surface area contributed by atoms with Gasteiger partial charge >= 0.3 is 6.18 Å². The van der Waals surface area contributed by atoms with Gasteiger partial charge in [-0.15, -0.1) is 0 Å². The Morgan fingerprint density at radius 3 is 2.30 bits per heavy atom. The third-order valence-corrected chi connectivity index (χ3v) is 4.69. The van der Waals surface area contributed by atoms with Crippen molar-refractivity contribution in [1.82, 2.24) is 4.90 Å². The van der Waals surface area contributed by atoms with E-state index in [1.807, 2.05) is 4.90 Å². The van der Waals surface area contributed by atoms with Crippen molar-refractivity contribution < 1.29 is 17.9 Å². The zero-order chi connectivity index (χ0) is 16.4. The van der Waals surface area contributed by atoms with Crippen LogP contribution in [0.1, 0.15) is 18.4 Å². The first-order valence-corrected chi connectivity index (χ1v) is 7.98. The van der Waals surface area contributed by atoms with Gasteiger partial charge in [0.05, 0.1) is 18.8 Å². The van der Waals surface area contributed by atoms with Crippen LogP contribution in [0.5, 0.6) is 0 Å². The van der Waals surface area contributed by atoms with Crippen LogP contribution in [0, 0.1) is 0 Å². The third-order valence-electron chi connectivity index (χ3n) is 4.69. The number of hydrogen-bond donors (Lipinski definition) is 1. The summed E-state index contributed by atoms with van der Waals surface area (Å²) in [5.41, 5.74) is 5.29. The lowest BCUT2D eigenvalue weighted by Gasteiger charge is -2.41. The van der Waals surface area contributed by atoms with Crippen LogP contribution in [-0.2, 0) is 10.9 Å². The van der Waals surface area contributed by atoms with E-state index in [4.69, 9.17) is 10.5 Å². The van der Waals surface area contributed by atoms with Crippen LogP contribution in [0.15, 0.2) is 18.2 Å². The predicted molar refractivity (Wildman–Crippen MR) is 83.5 cm³/mol. The molecule has 0 radical (unpaired) electrons. The highest BCUT2D eigenvalue weighted by molar-refractivity contribution is 5.61. The number of hydrogen-bond acceptors (Lipinski definition) is 4. The van der Waals surface area contributed by atoms with Gasteiger partial charge in [-0.2, -0.15) is 13.2 Å². The zero-order valence-electron chi connectivity index (χ0n) is 13.0. The van der Waals surface area contributed by atoms with Crippen LogP contribution in [0.2, 0.25) is 0 Å². The summed E-state index contributed by atoms with van der Waals surface area (Å²) in [7, 11) is 0. The lowest BCUT2D eigenvalue weighted by atomic mass is 10.0. The highest BCUT2D eigenvalue weighted by atomic mass is 19.4. The first-order valence-electron chi connectivity index (χ1n) is 7.98. The van der Waals surface area contributed by atoms with Crippen molar-refractivity contribution in [3.05, 3.63) is 23.8 Å². The maximum atomic E-state index is 13.2. The van der Waals surface area contributed by atoms with E-state index in [1.165, 1.54) is 6.07 Å². The van der Waals surface area contributed by atoms with E-state index in [0.29, 0.717) is 19.1 Å². The van der Waals surface area contributed by atoms with Crippen LogP contribution in [0.25, 0.3) is 0 Å². The normalized spacial score (nSPS) is 21.6. The second-order valence-corrected chi connectivity index (χ2v) is 6.14. The van der Waals surface area contributed by atoms with E-state index in [0.717, 1.165) is 45.2 Å². The largest absolute Gasteiger partial charge is 0.418 e. The molecule has 7 heteroatoms. The Morgan fingerprint density at radius 1 is 1.04 bits per heavy atom. The van der Waals surface area contributed by atoms with E-state index in [1.54, 1.807) is 6.07 Å². The van der Waals surface area contributed by atoms with Gasteiger partial charge in [-0.25, -0.2) is 0 Å². The standard InChI is InChI=1S/C16H22F3N3O/c17-16(18,19)14-11-12(20)1-2-15(14)22-5-3-13(4-6-22)21-7-9-23-10-8-21/h1-2,11,13H,3-10,20H2. The number of nitrogen functional groups attached to an aromatic ring is 1. The van der Waals surface area contributed by atoms with Gasteiger partial charge < -0.3 is 15.4 Å². The molecule has 2 saturated heterocycles. The van der Waals surface area contributed by atoms with Crippen molar-refractivity contribution in [2.24, 2.45) is 0 Å². The van der Waals surface area contributed by atoms with Gasteiger partial charge in [-0.3, -0.25) is 4.90 Å². The molecule has 0 aromatic heterocycles. The van der Waals surface area contributed by atoms with Gasteiger partial charge in [0.2, 0.25) is 0 Å². The van der Waals surface area contributed by atoms with E-state index in [2.05, 4.69) is 4.90 Å². The van der Waals surface area contributed by atoms with Crippen LogP contribution >= 0.6 is 0 Å². The van der Waals surface area contributed by atoms with Crippen LogP contribution in [0.3, 0.4) is 0 Å². The molecule has 2 heterocycles. The lowest BCUT2D eigenvalue weighted by Crippen LogP contribution is -2.49. The number of nitrogens with zero attached hydrogens (tertiary/aromatic N) is 2. The van der Waals surface area contributed by atoms with Crippen molar-refractivity contribution in [2.75, 3.05) is 50.0 Å². The van der Waals surface area contributed by atoms with Crippen molar-refractivity contribution >= 4 is 11.4 Å². The quantitative estimate of drug-likeness (QED) is 0.847. The van der Waals surface area contributed by atoms with Gasteiger partial charge in [-0.1, -0.05) is 0 Å². The fourth-order valence-corrected chi connectivity index (χ4v) is 3.47. The molecule has 0 spiro atoms. The van der Waals surface area contributed by atoms with Gasteiger partial charge in [0.15, 0.2) is 0 Å². The van der Waals surface area contributed by atoms with Crippen molar-refractivity contribution in [1.29, 1.82) is 0 Å². The average Bonchev–Trinajstić information content (AvgIpc) is 2.55. The maximum absolute atomic E-state index is 13.2. The van der Waals surface area contributed by atoms with Gasteiger partial charge in [0.1, 0.15) is 0 Å². The lowest BCUT2D eigenvalue weighted by molar-refractivity contribution is -0.137. The molecule has 1 aromatic rings. The number of alkyl halides is 3. The number of ether oxygens (including phenoxy) is 1. The van der Waals surface area contributed by atoms with Crippen LogP contribution in [0.4, 0.5) is 24.5 Å². The molecule has 0 aliphatic carbocycles. The molecule has 1 aromatic carbocycles. The Morgan fingerprint density at radius 2 is 1.70 bits per heavy atom. The third kappa shape index (κ3) is 3.72. The minimum atomic E-state index is -4.38. The van der Waals surface area contributed by atoms with Crippen LogP contribution < -0.4 is 10.6 Å². The number of benzene rings is 1. The Bertz CT molecular complexity index is 536. The molecule has 23 heavy (non-hydrogen) atoms. The number of halogens is 3. The summed E-state index contributed by atoms with van der Waals surface area (Å²) in [6, 6.07) is 4.51. The highest BCUT2D eigenvalue weighted by Gasteiger charge is 2.36. The second kappa shape index (κ2) is 6.57. The average molecular weight is 329 g/mol. The Balaban J connectivity index is 1.70. The smallest absolute Gasteiger partial charge is 0.399 e. The number of anilines is 2. The molecular formula is C16H22F3N3O. The van der Waals surface area contributed by atoms with E-state index < -0.39 is 11.7 Å². The molecule has 2 fully saturated rings. The molecule has 0 amide bonds. The molecule has 0 saturated carbocycles. The first kappa shape index (κ1) is 16.4. The fourth-order valence-electron chi connectivity index (χ4n) is 3.47. The van der Waals surface area contributed by atoms with Crippen molar-refractivity contribution in [2.45, 2.75) is 25.1 Å². The summed E-state index contributed by atoms with van der Waals surface area (Å²) in [5.74, 6) is 0. The van der Waals surface area contributed by atoms with Crippen molar-refractivity contribution in [3.63, 3.8) is 0 Å². The molecule has 2 aliphatic rings. The summed E-state index contributed by atoms with van der Waals surface area (Å²) in [5, 5.41) is 0. The molecule has 4 nitrogen and oxygen atoms in total. The molecule has 2 N–H and O–H groups in total. The summed E-state index contributed by atoms with van der Waals surface area (Å²) in [4.78, 5) is 4.23. The topological polar surface area (TPSA) is 41.7 Å². The fraction of sp³-hybridized carbons (Fsp3) is 0.625. The van der Waals surface area contributed by atoms with Crippen molar-refractivity contribution in [3.8, 4) is 0 Å². The highest BCUT2D eigenvalue weighted by Crippen LogP contribution is 2.38. The molecule has 0 unspecified atom stereocenters. The monoisotopic (exact) mass is 329 g/mol. The Kier molecular flexibility index (Phi) is 4.68. The minimum Gasteiger partial charge on any atom is -0.399 e. The molecule has 3 rings (SSSR count). The zero-order valence-corrected chi connectivity index (χ0v) is 13.0. The number of nitrogens with two attached hydrogens (primary N) is 1. The van der Waals surface area contributed by atoms with Gasteiger partial charge in [0, 0.05) is 43.6 Å². The molecule has 128 valence electrons. The van der Waals surface area contributed by atoms with Gasteiger partial charge in [0.25, 0.3) is 0 Å². The minimum absolute atomic E-state index is 0.143. The molecular weight excluding hydrogens is 307 g/mol. The first-order chi connectivity index (χ1) is 10.9. The second-order valence-electron chi connectivity index (χ2n) is 6.14. The number of rotatable bonds is 2. The summed E-state index contributed by atoms with van der Waals surface area (Å²) in [6.07, 6.45) is -2.63. The Labute approximate surface area is 134 Å². The predicted octanol–water partition coefficient (Wildman–Crippen LogP) is 2.59. The molecule has 0 atom stereocenters. The SMILES string of the molecule is Nc1ccc(N2CCC(N3CCOCC3)CC2)c(C(F)(F)F)c1. The Hall–Kier alpha value is -1.47. The number of morpholine rings is 1. The molecule has 0 bridgehead atoms. The van der Waals surface area contributed by atoms with Crippen LogP contribution in [-0.4, -0.2) is 50.3 Å². The summed E-state index contributed by atoms with van der Waals surface area (Å²) >= 11 is 0. The molecule has 2 aliphatic heterocycles.